The van der Waals surface area contributed by atoms with Crippen LogP contribution in [-0.2, 0) is 16.6 Å². The molecule has 0 spiro atoms. The van der Waals surface area contributed by atoms with Gasteiger partial charge in [0.1, 0.15) is 11.3 Å². The fraction of sp³-hybridized carbons (Fsp3) is 0.105. The van der Waals surface area contributed by atoms with Gasteiger partial charge in [-0.15, -0.1) is 0 Å². The number of carbonyl (C=O) groups is 1. The van der Waals surface area contributed by atoms with Crippen LogP contribution in [0.3, 0.4) is 0 Å². The maximum atomic E-state index is 12.8. The highest BCUT2D eigenvalue weighted by Gasteiger charge is 2.20. The van der Waals surface area contributed by atoms with Crippen molar-refractivity contribution in [1.29, 1.82) is 0 Å². The number of furan rings is 1. The largest absolute Gasteiger partial charge is 0.468 e. The van der Waals surface area contributed by atoms with Crippen LogP contribution in [0.2, 0.25) is 0 Å². The van der Waals surface area contributed by atoms with Crippen LogP contribution in [0.4, 0.5) is 5.69 Å². The van der Waals surface area contributed by atoms with Crippen LogP contribution in [0, 0.1) is 6.92 Å². The van der Waals surface area contributed by atoms with Crippen molar-refractivity contribution in [3.63, 3.8) is 0 Å². The monoisotopic (exact) mass is 411 g/mol. The molecule has 0 aliphatic rings. The zero-order valence-corrected chi connectivity index (χ0v) is 16.2. The molecular formula is C19H17N5O4S. The molecule has 29 heavy (non-hydrogen) atoms. The molecular weight excluding hydrogens is 394 g/mol. The molecule has 0 unspecified atom stereocenters. The number of benzene rings is 1. The molecule has 1 amide bonds. The summed E-state index contributed by atoms with van der Waals surface area (Å²) in [6, 6.07) is 11.1. The summed E-state index contributed by atoms with van der Waals surface area (Å²) in [7, 11) is -3.78. The van der Waals surface area contributed by atoms with Crippen LogP contribution >= 0.6 is 0 Å². The van der Waals surface area contributed by atoms with E-state index < -0.39 is 15.9 Å². The summed E-state index contributed by atoms with van der Waals surface area (Å²) in [4.78, 5) is 17.0. The van der Waals surface area contributed by atoms with Gasteiger partial charge >= 0.3 is 0 Å². The van der Waals surface area contributed by atoms with Gasteiger partial charge in [0.15, 0.2) is 5.65 Å². The number of carbonyl (C=O) groups excluding carboxylic acids is 1. The van der Waals surface area contributed by atoms with Crippen LogP contribution in [0.15, 0.2) is 70.4 Å². The third-order valence-corrected chi connectivity index (χ3v) is 5.62. The second-order valence-corrected chi connectivity index (χ2v) is 8.00. The van der Waals surface area contributed by atoms with Crippen LogP contribution in [0.25, 0.3) is 5.65 Å². The number of aromatic nitrogens is 3. The summed E-state index contributed by atoms with van der Waals surface area (Å²) < 4.78 is 34.2. The summed E-state index contributed by atoms with van der Waals surface area (Å²) in [5.74, 6) is 0.0726. The van der Waals surface area contributed by atoms with E-state index in [1.807, 2.05) is 0 Å². The predicted molar refractivity (Wildman–Crippen MR) is 105 cm³/mol. The van der Waals surface area contributed by atoms with Gasteiger partial charge in [0.2, 0.25) is 10.0 Å². The molecule has 3 aromatic heterocycles. The summed E-state index contributed by atoms with van der Waals surface area (Å²) in [5, 5.41) is 6.98. The van der Waals surface area contributed by atoms with Crippen molar-refractivity contribution in [1.82, 2.24) is 19.3 Å². The van der Waals surface area contributed by atoms with E-state index in [2.05, 4.69) is 20.1 Å². The zero-order chi connectivity index (χ0) is 20.4. The number of anilines is 1. The minimum Gasteiger partial charge on any atom is -0.468 e. The number of aryl methyl sites for hydroxylation is 1. The fourth-order valence-electron chi connectivity index (χ4n) is 2.86. The third kappa shape index (κ3) is 3.89. The molecule has 0 fully saturated rings. The Hall–Kier alpha value is -3.50. The van der Waals surface area contributed by atoms with Crippen LogP contribution in [0.5, 0.6) is 0 Å². The van der Waals surface area contributed by atoms with Gasteiger partial charge < -0.3 is 9.73 Å². The van der Waals surface area contributed by atoms with Gasteiger partial charge in [-0.1, -0.05) is 6.07 Å². The molecule has 9 nitrogen and oxygen atoms in total. The molecule has 0 aliphatic carbocycles. The van der Waals surface area contributed by atoms with Gasteiger partial charge in [-0.25, -0.2) is 22.6 Å². The normalized spacial score (nSPS) is 11.6. The molecule has 3 heterocycles. The Kier molecular flexibility index (Phi) is 4.87. The number of rotatable bonds is 6. The number of nitrogens with one attached hydrogen (secondary N) is 2. The topological polar surface area (TPSA) is 119 Å². The molecule has 4 rings (SSSR count). The fourth-order valence-corrected chi connectivity index (χ4v) is 3.90. The molecule has 148 valence electrons. The Labute approximate surface area is 166 Å². The quantitative estimate of drug-likeness (QED) is 0.503. The van der Waals surface area contributed by atoms with Crippen LogP contribution < -0.4 is 10.0 Å². The van der Waals surface area contributed by atoms with E-state index in [0.717, 1.165) is 0 Å². The summed E-state index contributed by atoms with van der Waals surface area (Å²) in [6.45, 7) is 1.74. The molecule has 0 saturated carbocycles. The highest BCUT2D eigenvalue weighted by Crippen LogP contribution is 2.19. The highest BCUT2D eigenvalue weighted by molar-refractivity contribution is 7.89. The minimum atomic E-state index is -3.78. The van der Waals surface area contributed by atoms with Crippen molar-refractivity contribution in [2.45, 2.75) is 18.4 Å². The highest BCUT2D eigenvalue weighted by atomic mass is 32.2. The first kappa shape index (κ1) is 18.8. The van der Waals surface area contributed by atoms with Crippen LogP contribution in [0.1, 0.15) is 21.8 Å². The molecule has 4 aromatic rings. The van der Waals surface area contributed by atoms with Gasteiger partial charge in [-0.05, 0) is 43.3 Å². The van der Waals surface area contributed by atoms with Crippen molar-refractivity contribution in [2.75, 3.05) is 5.32 Å². The lowest BCUT2D eigenvalue weighted by atomic mass is 10.2. The average molecular weight is 411 g/mol. The smallest absolute Gasteiger partial charge is 0.261 e. The second kappa shape index (κ2) is 7.49. The first-order chi connectivity index (χ1) is 13.9. The third-order valence-electron chi connectivity index (χ3n) is 4.22. The Balaban J connectivity index is 1.55. The SMILES string of the molecule is Cc1nn2cccnc2c1C(=O)Nc1cccc(S(=O)(=O)NCc2ccco2)c1. The molecule has 0 aliphatic heterocycles. The second-order valence-electron chi connectivity index (χ2n) is 6.23. The van der Waals surface area contributed by atoms with Crippen molar-refractivity contribution >= 4 is 27.3 Å². The Morgan fingerprint density at radius 2 is 2.07 bits per heavy atom. The standard InChI is InChI=1S/C19H17N5O4S/c1-13-17(18-20-8-4-9-24(18)23-13)19(25)22-14-5-2-7-16(11-14)29(26,27)21-12-15-6-3-10-28-15/h2-11,21H,12H2,1H3,(H,22,25). The van der Waals surface area contributed by atoms with E-state index in [-0.39, 0.29) is 11.4 Å². The number of sulfonamides is 1. The maximum absolute atomic E-state index is 12.8. The van der Waals surface area contributed by atoms with Crippen molar-refractivity contribution in [3.8, 4) is 0 Å². The lowest BCUT2D eigenvalue weighted by Crippen LogP contribution is -2.23. The molecule has 0 bridgehead atoms. The first-order valence-corrected chi connectivity index (χ1v) is 10.2. The van der Waals surface area contributed by atoms with Gasteiger partial charge in [0.25, 0.3) is 5.91 Å². The van der Waals surface area contributed by atoms with E-state index in [1.165, 1.54) is 22.9 Å². The van der Waals surface area contributed by atoms with Gasteiger partial charge in [-0.2, -0.15) is 5.10 Å². The first-order valence-electron chi connectivity index (χ1n) is 8.67. The van der Waals surface area contributed by atoms with E-state index in [1.54, 1.807) is 49.6 Å². The van der Waals surface area contributed by atoms with Gasteiger partial charge in [0.05, 0.1) is 23.4 Å². The Bertz CT molecular complexity index is 1280. The number of fused-ring (bicyclic) bond motifs is 1. The predicted octanol–water partition coefficient (Wildman–Crippen LogP) is 2.36. The number of hydrogen-bond donors (Lipinski definition) is 2. The van der Waals surface area contributed by atoms with E-state index in [9.17, 15) is 13.2 Å². The molecule has 0 radical (unpaired) electrons. The molecule has 1 aromatic carbocycles. The Morgan fingerprint density at radius 1 is 1.21 bits per heavy atom. The van der Waals surface area contributed by atoms with Gasteiger partial charge in [-0.3, -0.25) is 4.79 Å². The maximum Gasteiger partial charge on any atom is 0.261 e. The summed E-state index contributed by atoms with van der Waals surface area (Å²) in [6.07, 6.45) is 4.74. The van der Waals surface area contributed by atoms with E-state index in [0.29, 0.717) is 28.4 Å². The van der Waals surface area contributed by atoms with E-state index in [4.69, 9.17) is 4.42 Å². The average Bonchev–Trinajstić information content (AvgIpc) is 3.33. The summed E-state index contributed by atoms with van der Waals surface area (Å²) >= 11 is 0. The molecule has 10 heteroatoms. The van der Waals surface area contributed by atoms with E-state index >= 15 is 0 Å². The molecule has 0 saturated heterocycles. The lowest BCUT2D eigenvalue weighted by molar-refractivity contribution is 0.102. The molecule has 2 N–H and O–H groups in total. The van der Waals surface area contributed by atoms with Crippen LogP contribution in [-0.4, -0.2) is 28.9 Å². The van der Waals surface area contributed by atoms with Crippen molar-refractivity contribution in [3.05, 3.63) is 78.1 Å². The molecule has 0 atom stereocenters. The minimum absolute atomic E-state index is 0.0246. The summed E-state index contributed by atoms with van der Waals surface area (Å²) in [5.41, 5.74) is 1.61. The Morgan fingerprint density at radius 3 is 2.86 bits per heavy atom. The number of amides is 1. The van der Waals surface area contributed by atoms with Gasteiger partial charge in [0, 0.05) is 18.1 Å². The number of nitrogens with zero attached hydrogens (tertiary/aromatic N) is 3. The zero-order valence-electron chi connectivity index (χ0n) is 15.4. The lowest BCUT2D eigenvalue weighted by Gasteiger charge is -2.09. The number of hydrogen-bond acceptors (Lipinski definition) is 6. The van der Waals surface area contributed by atoms with Crippen molar-refractivity contribution < 1.29 is 17.6 Å². The van der Waals surface area contributed by atoms with Crippen molar-refractivity contribution in [2.24, 2.45) is 0 Å².